The van der Waals surface area contributed by atoms with Crippen molar-refractivity contribution < 1.29 is 0 Å². The van der Waals surface area contributed by atoms with Gasteiger partial charge in [-0.1, -0.05) is 184 Å². The molecular formula is C52H48. The molecule has 0 aliphatic carbocycles. The second kappa shape index (κ2) is 13.9. The van der Waals surface area contributed by atoms with Crippen molar-refractivity contribution in [2.75, 3.05) is 0 Å². The van der Waals surface area contributed by atoms with Gasteiger partial charge < -0.3 is 0 Å². The molecule has 256 valence electrons. The predicted octanol–water partition coefficient (Wildman–Crippen LogP) is 14.4. The fourth-order valence-corrected chi connectivity index (χ4v) is 8.25. The zero-order valence-corrected chi connectivity index (χ0v) is 31.3. The Labute approximate surface area is 309 Å². The van der Waals surface area contributed by atoms with E-state index in [1.807, 2.05) is 0 Å². The summed E-state index contributed by atoms with van der Waals surface area (Å²) < 4.78 is 0. The van der Waals surface area contributed by atoms with E-state index in [9.17, 15) is 0 Å². The molecule has 8 rings (SSSR count). The molecule has 0 heteroatoms. The lowest BCUT2D eigenvalue weighted by Gasteiger charge is -2.25. The number of hydrogen-bond donors (Lipinski definition) is 0. The van der Waals surface area contributed by atoms with Gasteiger partial charge in [-0.3, -0.25) is 0 Å². The molecule has 52 heavy (non-hydrogen) atoms. The van der Waals surface area contributed by atoms with Crippen molar-refractivity contribution in [2.45, 2.75) is 65.2 Å². The van der Waals surface area contributed by atoms with Crippen molar-refractivity contribution in [1.82, 2.24) is 0 Å². The molecule has 2 unspecified atom stereocenters. The standard InChI is InChI=1S/C52H48/c1-33(2)37-23-27-41(28-24-37)51(39-19-15-35(5)16-20-39)49-31-47-44-12-8-10-14-46(44)50(32-48(47)43-11-7-9-13-45(43)49)52(40-21-17-36(6)18-22-40)42-29-25-38(26-30-42)34(3)4/h7-34,51-52H,1-6H3. The molecule has 0 fully saturated rings. The summed E-state index contributed by atoms with van der Waals surface area (Å²) in [7, 11) is 0. The summed E-state index contributed by atoms with van der Waals surface area (Å²) in [5, 5.41) is 7.83. The first-order valence-corrected chi connectivity index (χ1v) is 19.0. The average Bonchev–Trinajstić information content (AvgIpc) is 3.17. The maximum absolute atomic E-state index is 2.52. The Hall–Kier alpha value is -5.46. The third-order valence-electron chi connectivity index (χ3n) is 11.3. The zero-order valence-electron chi connectivity index (χ0n) is 31.3. The Kier molecular flexibility index (Phi) is 9.02. The molecule has 0 radical (unpaired) electrons. The van der Waals surface area contributed by atoms with Crippen molar-refractivity contribution in [2.24, 2.45) is 0 Å². The van der Waals surface area contributed by atoms with Gasteiger partial charge in [0.2, 0.25) is 0 Å². The Morgan fingerprint density at radius 2 is 0.558 bits per heavy atom. The predicted molar refractivity (Wildman–Crippen MR) is 224 cm³/mol. The van der Waals surface area contributed by atoms with Gasteiger partial charge >= 0.3 is 0 Å². The van der Waals surface area contributed by atoms with Crippen LogP contribution in [0, 0.1) is 13.8 Å². The van der Waals surface area contributed by atoms with Gasteiger partial charge in [-0.15, -0.1) is 0 Å². The van der Waals surface area contributed by atoms with E-state index in [-0.39, 0.29) is 11.8 Å². The van der Waals surface area contributed by atoms with E-state index in [4.69, 9.17) is 0 Å². The largest absolute Gasteiger partial charge is 0.0616 e. The first-order chi connectivity index (χ1) is 25.3. The molecule has 0 saturated heterocycles. The number of hydrogen-bond acceptors (Lipinski definition) is 0. The molecule has 0 bridgehead atoms. The molecule has 0 spiro atoms. The minimum Gasteiger partial charge on any atom is -0.0616 e. The van der Waals surface area contributed by atoms with E-state index in [1.165, 1.54) is 88.0 Å². The monoisotopic (exact) mass is 672 g/mol. The maximum Gasteiger partial charge on any atom is 0.0346 e. The number of aryl methyl sites for hydroxylation is 2. The van der Waals surface area contributed by atoms with E-state index >= 15 is 0 Å². The zero-order chi connectivity index (χ0) is 35.9. The van der Waals surface area contributed by atoms with Crippen molar-refractivity contribution >= 4 is 32.3 Å². The average molecular weight is 673 g/mol. The summed E-state index contributed by atoms with van der Waals surface area (Å²) >= 11 is 0. The van der Waals surface area contributed by atoms with Crippen LogP contribution >= 0.6 is 0 Å². The van der Waals surface area contributed by atoms with E-state index in [2.05, 4.69) is 199 Å². The minimum atomic E-state index is 0.0920. The maximum atomic E-state index is 2.52. The first kappa shape index (κ1) is 33.7. The van der Waals surface area contributed by atoms with Crippen LogP contribution in [0.3, 0.4) is 0 Å². The van der Waals surface area contributed by atoms with E-state index in [0.29, 0.717) is 11.8 Å². The van der Waals surface area contributed by atoms with Gasteiger partial charge in [-0.05, 0) is 115 Å². The quantitative estimate of drug-likeness (QED) is 0.111. The Morgan fingerprint density at radius 3 is 0.865 bits per heavy atom. The molecule has 0 heterocycles. The molecule has 0 aromatic heterocycles. The molecule has 2 atom stereocenters. The second-order valence-corrected chi connectivity index (χ2v) is 15.4. The fourth-order valence-electron chi connectivity index (χ4n) is 8.25. The van der Waals surface area contributed by atoms with Gasteiger partial charge in [-0.25, -0.2) is 0 Å². The van der Waals surface area contributed by atoms with Crippen LogP contribution in [0.4, 0.5) is 0 Å². The number of rotatable bonds is 8. The highest BCUT2D eigenvalue weighted by atomic mass is 14.3. The second-order valence-electron chi connectivity index (χ2n) is 15.4. The lowest BCUT2D eigenvalue weighted by molar-refractivity contribution is 0.863. The van der Waals surface area contributed by atoms with Crippen LogP contribution in [0.2, 0.25) is 0 Å². The van der Waals surface area contributed by atoms with Gasteiger partial charge in [0.05, 0.1) is 0 Å². The summed E-state index contributed by atoms with van der Waals surface area (Å²) in [6.45, 7) is 13.4. The molecule has 0 aliphatic heterocycles. The third kappa shape index (κ3) is 6.22. The molecule has 8 aromatic carbocycles. The highest BCUT2D eigenvalue weighted by Gasteiger charge is 2.25. The number of benzene rings is 8. The SMILES string of the molecule is Cc1ccc(C(c2ccc(C(C)C)cc2)c2cc3c4ccccc4c(C(c4ccc(C)cc4)c4ccc(C(C)C)cc4)cc3c3ccccc23)cc1. The van der Waals surface area contributed by atoms with E-state index in [1.54, 1.807) is 0 Å². The van der Waals surface area contributed by atoms with Crippen molar-refractivity contribution in [3.8, 4) is 0 Å². The summed E-state index contributed by atoms with van der Waals surface area (Å²) in [6, 6.07) is 60.3. The highest BCUT2D eigenvalue weighted by Crippen LogP contribution is 2.45. The third-order valence-corrected chi connectivity index (χ3v) is 11.3. The van der Waals surface area contributed by atoms with Crippen molar-refractivity contribution in [3.63, 3.8) is 0 Å². The van der Waals surface area contributed by atoms with Gasteiger partial charge in [0.1, 0.15) is 0 Å². The van der Waals surface area contributed by atoms with Crippen LogP contribution < -0.4 is 0 Å². The van der Waals surface area contributed by atoms with Crippen LogP contribution in [-0.4, -0.2) is 0 Å². The van der Waals surface area contributed by atoms with Crippen LogP contribution in [0.25, 0.3) is 32.3 Å². The summed E-state index contributed by atoms with van der Waals surface area (Å²) in [4.78, 5) is 0. The Bertz CT molecular complexity index is 2310. The molecular weight excluding hydrogens is 625 g/mol. The van der Waals surface area contributed by atoms with Crippen LogP contribution in [0.1, 0.15) is 107 Å². The lowest BCUT2D eigenvalue weighted by Crippen LogP contribution is -2.07. The minimum absolute atomic E-state index is 0.0920. The normalized spacial score (nSPS) is 13.0. The molecule has 0 amide bonds. The first-order valence-electron chi connectivity index (χ1n) is 19.0. The fraction of sp³-hybridized carbons (Fsp3) is 0.192. The molecule has 8 aromatic rings. The summed E-state index contributed by atoms with van der Waals surface area (Å²) in [5.74, 6) is 1.17. The van der Waals surface area contributed by atoms with Gasteiger partial charge in [0, 0.05) is 11.8 Å². The van der Waals surface area contributed by atoms with Crippen molar-refractivity contribution in [1.29, 1.82) is 0 Å². The van der Waals surface area contributed by atoms with Crippen molar-refractivity contribution in [3.05, 3.63) is 213 Å². The molecule has 0 aliphatic rings. The van der Waals surface area contributed by atoms with Gasteiger partial charge in [-0.2, -0.15) is 0 Å². The molecule has 0 nitrogen and oxygen atoms in total. The van der Waals surface area contributed by atoms with Gasteiger partial charge in [0.15, 0.2) is 0 Å². The Balaban J connectivity index is 1.42. The molecule has 0 N–H and O–H groups in total. The van der Waals surface area contributed by atoms with E-state index in [0.717, 1.165) is 0 Å². The van der Waals surface area contributed by atoms with Crippen LogP contribution in [0.5, 0.6) is 0 Å². The van der Waals surface area contributed by atoms with Crippen LogP contribution in [-0.2, 0) is 0 Å². The van der Waals surface area contributed by atoms with Gasteiger partial charge in [0.25, 0.3) is 0 Å². The van der Waals surface area contributed by atoms with Crippen LogP contribution in [0.15, 0.2) is 158 Å². The smallest absolute Gasteiger partial charge is 0.0346 e. The highest BCUT2D eigenvalue weighted by molar-refractivity contribution is 6.19. The van der Waals surface area contributed by atoms with E-state index < -0.39 is 0 Å². The topological polar surface area (TPSA) is 0 Å². The lowest BCUT2D eigenvalue weighted by atomic mass is 9.78. The number of fused-ring (bicyclic) bond motifs is 5. The Morgan fingerprint density at radius 1 is 0.288 bits per heavy atom. The summed E-state index contributed by atoms with van der Waals surface area (Å²) in [6.07, 6.45) is 0. The summed E-state index contributed by atoms with van der Waals surface area (Å²) in [5.41, 5.74) is 13.3. The molecule has 0 saturated carbocycles.